The summed E-state index contributed by atoms with van der Waals surface area (Å²) in [6.45, 7) is 6.16. The smallest absolute Gasteiger partial charge is 0.162 e. The van der Waals surface area contributed by atoms with Crippen LogP contribution >= 0.6 is 0 Å². The molecule has 0 unspecified atom stereocenters. The topological polar surface area (TPSA) is 26.3 Å². The lowest BCUT2D eigenvalue weighted by Crippen LogP contribution is -2.13. The van der Waals surface area contributed by atoms with E-state index in [1.807, 2.05) is 6.92 Å². The highest BCUT2D eigenvalue weighted by Gasteiger charge is 2.07. The van der Waals surface area contributed by atoms with Crippen molar-refractivity contribution < 1.29 is 13.9 Å². The number of rotatable bonds is 7. The predicted octanol–water partition coefficient (Wildman–Crippen LogP) is 2.92. The predicted molar refractivity (Wildman–Crippen MR) is 65.4 cm³/mol. The maximum Gasteiger partial charge on any atom is 0.162 e. The van der Waals surface area contributed by atoms with Crippen molar-refractivity contribution in [3.05, 3.63) is 47.8 Å². The highest BCUT2D eigenvalue weighted by atomic mass is 19.1. The Morgan fingerprint density at radius 3 is 2.76 bits per heavy atom. The Labute approximate surface area is 101 Å². The summed E-state index contributed by atoms with van der Waals surface area (Å²) in [4.78, 5) is 11.5. The van der Waals surface area contributed by atoms with Crippen LogP contribution in [0.4, 0.5) is 4.39 Å². The van der Waals surface area contributed by atoms with E-state index in [1.165, 1.54) is 6.07 Å². The van der Waals surface area contributed by atoms with E-state index in [2.05, 4.69) is 6.58 Å². The molecule has 0 N–H and O–H groups in total. The molecule has 1 aromatic carbocycles. The zero-order chi connectivity index (χ0) is 12.7. The van der Waals surface area contributed by atoms with E-state index in [-0.39, 0.29) is 24.6 Å². The second kappa shape index (κ2) is 6.97. The molecule has 0 amide bonds. The van der Waals surface area contributed by atoms with Crippen molar-refractivity contribution in [2.75, 3.05) is 13.2 Å². The van der Waals surface area contributed by atoms with Crippen molar-refractivity contribution in [1.82, 2.24) is 0 Å². The van der Waals surface area contributed by atoms with Crippen LogP contribution in [-0.2, 0) is 16.0 Å². The van der Waals surface area contributed by atoms with E-state index in [1.54, 1.807) is 18.2 Å². The third kappa shape index (κ3) is 5.41. The minimum atomic E-state index is -0.345. The lowest BCUT2D eigenvalue weighted by atomic mass is 10.1. The summed E-state index contributed by atoms with van der Waals surface area (Å²) in [5.74, 6) is -0.459. The van der Waals surface area contributed by atoms with E-state index in [0.717, 1.165) is 12.0 Å². The molecule has 0 radical (unpaired) electrons. The van der Waals surface area contributed by atoms with Crippen LogP contribution in [0.25, 0.3) is 0 Å². The molecule has 92 valence electrons. The summed E-state index contributed by atoms with van der Waals surface area (Å²) in [6, 6.07) is 6.28. The fourth-order valence-corrected chi connectivity index (χ4v) is 1.34. The van der Waals surface area contributed by atoms with Gasteiger partial charge in [-0.05, 0) is 25.0 Å². The van der Waals surface area contributed by atoms with Gasteiger partial charge in [-0.15, -0.1) is 6.58 Å². The number of carbonyl (C=O) groups is 1. The summed E-state index contributed by atoms with van der Waals surface area (Å²) in [7, 11) is 0. The van der Waals surface area contributed by atoms with Crippen molar-refractivity contribution in [2.24, 2.45) is 0 Å². The quantitative estimate of drug-likeness (QED) is 0.537. The van der Waals surface area contributed by atoms with Crippen LogP contribution in [0.5, 0.6) is 0 Å². The third-order valence-electron chi connectivity index (χ3n) is 2.28. The second-order valence-electron chi connectivity index (χ2n) is 4.07. The molecule has 1 aromatic rings. The largest absolute Gasteiger partial charge is 0.373 e. The minimum Gasteiger partial charge on any atom is -0.373 e. The molecule has 0 aliphatic heterocycles. The highest BCUT2D eigenvalue weighted by Crippen LogP contribution is 2.07. The van der Waals surface area contributed by atoms with Gasteiger partial charge in [0, 0.05) is 6.42 Å². The van der Waals surface area contributed by atoms with Crippen molar-refractivity contribution >= 4 is 5.78 Å². The van der Waals surface area contributed by atoms with Crippen LogP contribution in [-0.4, -0.2) is 19.0 Å². The van der Waals surface area contributed by atoms with Crippen LogP contribution in [0.2, 0.25) is 0 Å². The molecular formula is C14H17FO2. The normalized spacial score (nSPS) is 10.2. The molecule has 0 spiro atoms. The van der Waals surface area contributed by atoms with E-state index in [9.17, 15) is 9.18 Å². The van der Waals surface area contributed by atoms with Crippen LogP contribution in [0, 0.1) is 5.82 Å². The molecule has 0 bridgehead atoms. The molecule has 0 aliphatic carbocycles. The molecule has 0 saturated heterocycles. The van der Waals surface area contributed by atoms with Crippen LogP contribution in [0.3, 0.4) is 0 Å². The number of carbonyl (C=O) groups excluding carboxylic acids is 1. The van der Waals surface area contributed by atoms with Crippen molar-refractivity contribution in [1.29, 1.82) is 0 Å². The monoisotopic (exact) mass is 236 g/mol. The Kier molecular flexibility index (Phi) is 5.57. The van der Waals surface area contributed by atoms with Gasteiger partial charge in [0.15, 0.2) is 5.78 Å². The van der Waals surface area contributed by atoms with Gasteiger partial charge in [-0.1, -0.05) is 23.8 Å². The average molecular weight is 236 g/mol. The van der Waals surface area contributed by atoms with Crippen LogP contribution in [0.15, 0.2) is 36.4 Å². The first-order valence-corrected chi connectivity index (χ1v) is 5.57. The summed E-state index contributed by atoms with van der Waals surface area (Å²) in [5.41, 5.74) is 1.44. The van der Waals surface area contributed by atoms with Crippen molar-refractivity contribution in [3.63, 3.8) is 0 Å². The molecule has 0 fully saturated rings. The van der Waals surface area contributed by atoms with Gasteiger partial charge in [0.05, 0.1) is 6.61 Å². The number of hydrogen-bond donors (Lipinski definition) is 0. The number of hydrogen-bond acceptors (Lipinski definition) is 2. The lowest BCUT2D eigenvalue weighted by Gasteiger charge is -2.04. The number of benzene rings is 1. The SMILES string of the molecule is C=C(C)CCOCC(=O)Cc1ccccc1F. The average Bonchev–Trinajstić information content (AvgIpc) is 2.27. The molecule has 1 rings (SSSR count). The van der Waals surface area contributed by atoms with E-state index in [0.29, 0.717) is 12.2 Å². The Bertz CT molecular complexity index is 399. The second-order valence-corrected chi connectivity index (χ2v) is 4.07. The van der Waals surface area contributed by atoms with Gasteiger partial charge in [0.1, 0.15) is 12.4 Å². The minimum absolute atomic E-state index is 0.0294. The van der Waals surface area contributed by atoms with Gasteiger partial charge in [-0.2, -0.15) is 0 Å². The number of halogens is 1. The Morgan fingerprint density at radius 1 is 1.41 bits per heavy atom. The van der Waals surface area contributed by atoms with Gasteiger partial charge in [-0.3, -0.25) is 4.79 Å². The molecular weight excluding hydrogens is 219 g/mol. The highest BCUT2D eigenvalue weighted by molar-refractivity contribution is 5.82. The molecule has 17 heavy (non-hydrogen) atoms. The summed E-state index contributed by atoms with van der Waals surface area (Å²) < 4.78 is 18.4. The first-order valence-electron chi connectivity index (χ1n) is 5.57. The van der Waals surface area contributed by atoms with Gasteiger partial charge in [-0.25, -0.2) is 4.39 Å². The van der Waals surface area contributed by atoms with Gasteiger partial charge >= 0.3 is 0 Å². The standard InChI is InChI=1S/C14H17FO2/c1-11(2)7-8-17-10-13(16)9-12-5-3-4-6-14(12)15/h3-6H,1,7-10H2,2H3. The summed E-state index contributed by atoms with van der Waals surface area (Å²) in [5, 5.41) is 0. The van der Waals surface area contributed by atoms with Gasteiger partial charge < -0.3 is 4.74 Å². The number of Topliss-reactive ketones (excluding diaryl/α,β-unsaturated/α-hetero) is 1. The Balaban J connectivity index is 2.30. The zero-order valence-electron chi connectivity index (χ0n) is 10.0. The Morgan fingerprint density at radius 2 is 2.12 bits per heavy atom. The van der Waals surface area contributed by atoms with E-state index in [4.69, 9.17) is 4.74 Å². The maximum absolute atomic E-state index is 13.2. The van der Waals surface area contributed by atoms with Crippen LogP contribution < -0.4 is 0 Å². The zero-order valence-corrected chi connectivity index (χ0v) is 10.0. The maximum atomic E-state index is 13.2. The first kappa shape index (κ1) is 13.6. The third-order valence-corrected chi connectivity index (χ3v) is 2.28. The molecule has 3 heteroatoms. The molecule has 0 atom stereocenters. The first-order chi connectivity index (χ1) is 8.09. The van der Waals surface area contributed by atoms with Crippen molar-refractivity contribution in [3.8, 4) is 0 Å². The van der Waals surface area contributed by atoms with Crippen LogP contribution in [0.1, 0.15) is 18.9 Å². The number of ketones is 1. The molecule has 0 aliphatic rings. The fourth-order valence-electron chi connectivity index (χ4n) is 1.34. The molecule has 0 saturated carbocycles. The molecule has 2 nitrogen and oxygen atoms in total. The molecule has 0 heterocycles. The van der Waals surface area contributed by atoms with Crippen molar-refractivity contribution in [2.45, 2.75) is 19.8 Å². The lowest BCUT2D eigenvalue weighted by molar-refractivity contribution is -0.122. The molecule has 0 aromatic heterocycles. The van der Waals surface area contributed by atoms with Gasteiger partial charge in [0.25, 0.3) is 0 Å². The van der Waals surface area contributed by atoms with E-state index < -0.39 is 0 Å². The summed E-state index contributed by atoms with van der Waals surface area (Å²) >= 11 is 0. The summed E-state index contributed by atoms with van der Waals surface area (Å²) in [6.07, 6.45) is 0.826. The van der Waals surface area contributed by atoms with E-state index >= 15 is 0 Å². The Hall–Kier alpha value is -1.48. The number of ether oxygens (including phenoxy) is 1. The fraction of sp³-hybridized carbons (Fsp3) is 0.357. The van der Waals surface area contributed by atoms with Gasteiger partial charge in [0.2, 0.25) is 0 Å².